The number of benzene rings is 5. The topological polar surface area (TPSA) is 285 Å². The molecule has 5 atom stereocenters. The van der Waals surface area contributed by atoms with Crippen LogP contribution in [0.5, 0.6) is 28.7 Å². The van der Waals surface area contributed by atoms with Gasteiger partial charge in [-0.15, -0.1) is 0 Å². The SMILES string of the molecule is CCCN[C@@H](Cc1ccc(O)cc1)C(=O)N[C@@H](Cc1ccc(O)cc1)C(=O)N[C@@H](Cc1ccc(O)cc1)C(=O)N[C@@H](Cc1ccc(O)cc1)C(=O)N[C@@H](Cc1ccc(O)cc1)C(=O)NN. The summed E-state index contributed by atoms with van der Waals surface area (Å²) < 4.78 is 0. The van der Waals surface area contributed by atoms with Crippen LogP contribution in [0.25, 0.3) is 0 Å². The molecule has 5 aromatic rings. The number of carbonyl (C=O) groups is 5. The Morgan fingerprint density at radius 1 is 0.385 bits per heavy atom. The van der Waals surface area contributed by atoms with E-state index in [0.717, 1.165) is 5.56 Å². The van der Waals surface area contributed by atoms with Gasteiger partial charge in [-0.1, -0.05) is 67.6 Å². The molecule has 342 valence electrons. The number of hydrazine groups is 1. The van der Waals surface area contributed by atoms with Crippen molar-refractivity contribution in [3.8, 4) is 28.7 Å². The molecular weight excluding hydrogens is 835 g/mol. The Morgan fingerprint density at radius 3 is 0.831 bits per heavy atom. The van der Waals surface area contributed by atoms with Crippen LogP contribution < -0.4 is 37.9 Å². The lowest BCUT2D eigenvalue weighted by atomic mass is 9.99. The van der Waals surface area contributed by atoms with E-state index in [1.54, 1.807) is 60.7 Å². The van der Waals surface area contributed by atoms with Crippen LogP contribution in [0.15, 0.2) is 121 Å². The van der Waals surface area contributed by atoms with Gasteiger partial charge in [0.15, 0.2) is 0 Å². The Kier molecular flexibility index (Phi) is 17.7. The second-order valence-electron chi connectivity index (χ2n) is 15.6. The Hall–Kier alpha value is -7.63. The van der Waals surface area contributed by atoms with Gasteiger partial charge in [-0.05, 0) is 108 Å². The van der Waals surface area contributed by atoms with Gasteiger partial charge in [-0.2, -0.15) is 0 Å². The zero-order chi connectivity index (χ0) is 46.9. The van der Waals surface area contributed by atoms with Crippen molar-refractivity contribution in [1.82, 2.24) is 32.0 Å². The molecule has 0 spiro atoms. The predicted octanol–water partition coefficient (Wildman–Crippen LogP) is 2.03. The van der Waals surface area contributed by atoms with E-state index in [-0.39, 0.29) is 60.9 Å². The molecule has 0 heterocycles. The molecule has 0 bridgehead atoms. The quantitative estimate of drug-likeness (QED) is 0.0270. The molecule has 0 aliphatic rings. The van der Waals surface area contributed by atoms with Crippen LogP contribution in [0.2, 0.25) is 0 Å². The van der Waals surface area contributed by atoms with Crippen molar-refractivity contribution in [2.75, 3.05) is 6.54 Å². The highest BCUT2D eigenvalue weighted by molar-refractivity contribution is 5.96. The number of rotatable bonds is 22. The Morgan fingerprint density at radius 2 is 0.600 bits per heavy atom. The van der Waals surface area contributed by atoms with E-state index in [4.69, 9.17) is 5.84 Å². The fourth-order valence-electron chi connectivity index (χ4n) is 6.94. The van der Waals surface area contributed by atoms with Crippen LogP contribution in [0.3, 0.4) is 0 Å². The lowest BCUT2D eigenvalue weighted by Crippen LogP contribution is -2.60. The highest BCUT2D eigenvalue weighted by Gasteiger charge is 2.33. The molecule has 5 amide bonds. The van der Waals surface area contributed by atoms with Gasteiger partial charge in [-0.25, -0.2) is 5.84 Å². The zero-order valence-electron chi connectivity index (χ0n) is 35.7. The van der Waals surface area contributed by atoms with Crippen LogP contribution >= 0.6 is 0 Å². The summed E-state index contributed by atoms with van der Waals surface area (Å²) in [5.41, 5.74) is 4.99. The summed E-state index contributed by atoms with van der Waals surface area (Å²) in [6.07, 6.45) is 0.579. The van der Waals surface area contributed by atoms with Gasteiger partial charge in [0, 0.05) is 25.7 Å². The first kappa shape index (κ1) is 48.4. The van der Waals surface area contributed by atoms with Gasteiger partial charge in [-0.3, -0.25) is 29.4 Å². The molecule has 65 heavy (non-hydrogen) atoms. The molecule has 0 aliphatic heterocycles. The number of amides is 5. The van der Waals surface area contributed by atoms with E-state index >= 15 is 0 Å². The van der Waals surface area contributed by atoms with Gasteiger partial charge in [0.2, 0.25) is 23.6 Å². The van der Waals surface area contributed by atoms with E-state index in [9.17, 15) is 49.5 Å². The van der Waals surface area contributed by atoms with Crippen LogP contribution in [0.1, 0.15) is 41.2 Å². The number of nitrogens with two attached hydrogens (primary N) is 1. The van der Waals surface area contributed by atoms with E-state index in [2.05, 4.69) is 26.6 Å². The monoisotopic (exact) mass is 889 g/mol. The van der Waals surface area contributed by atoms with Crippen molar-refractivity contribution in [2.45, 2.75) is 75.7 Å². The first-order valence-corrected chi connectivity index (χ1v) is 21.0. The average Bonchev–Trinajstić information content (AvgIpc) is 3.29. The minimum atomic E-state index is -1.38. The third kappa shape index (κ3) is 15.3. The number of carbonyl (C=O) groups excluding carboxylic acids is 5. The van der Waals surface area contributed by atoms with E-state index in [1.165, 1.54) is 60.7 Å². The van der Waals surface area contributed by atoms with Crippen molar-refractivity contribution in [3.63, 3.8) is 0 Å². The average molecular weight is 890 g/mol. The molecule has 0 saturated carbocycles. The largest absolute Gasteiger partial charge is 0.508 e. The zero-order valence-corrected chi connectivity index (χ0v) is 35.7. The fraction of sp³-hybridized carbons (Fsp3) is 0.271. The maximum Gasteiger partial charge on any atom is 0.256 e. The van der Waals surface area contributed by atoms with Crippen LogP contribution in [0, 0.1) is 0 Å². The molecule has 5 rings (SSSR count). The maximum absolute atomic E-state index is 14.5. The summed E-state index contributed by atoms with van der Waals surface area (Å²) in [6, 6.07) is 24.3. The Labute approximate surface area is 376 Å². The summed E-state index contributed by atoms with van der Waals surface area (Å²) >= 11 is 0. The van der Waals surface area contributed by atoms with Gasteiger partial charge < -0.3 is 52.1 Å². The Bertz CT molecular complexity index is 2350. The van der Waals surface area contributed by atoms with Gasteiger partial charge >= 0.3 is 0 Å². The summed E-state index contributed by atoms with van der Waals surface area (Å²) in [7, 11) is 0. The molecule has 5 aromatic carbocycles. The molecule has 0 unspecified atom stereocenters. The Balaban J connectivity index is 1.45. The third-order valence-electron chi connectivity index (χ3n) is 10.5. The highest BCUT2D eigenvalue weighted by atomic mass is 16.3. The number of nitrogens with one attached hydrogen (secondary N) is 6. The van der Waals surface area contributed by atoms with E-state index in [1.807, 2.05) is 12.3 Å². The van der Waals surface area contributed by atoms with Crippen molar-refractivity contribution in [1.29, 1.82) is 0 Å². The molecule has 0 aromatic heterocycles. The molecule has 17 nitrogen and oxygen atoms in total. The first-order valence-electron chi connectivity index (χ1n) is 21.0. The fourth-order valence-corrected chi connectivity index (χ4v) is 6.94. The minimum Gasteiger partial charge on any atom is -0.508 e. The second kappa shape index (κ2) is 23.7. The predicted molar refractivity (Wildman–Crippen MR) is 241 cm³/mol. The standard InChI is InChI=1S/C48H55N7O10/c1-2-23-50-39(24-29-3-13-34(56)14-4-29)44(61)51-40(25-30-5-15-35(57)16-6-30)45(62)52-41(26-31-7-17-36(58)18-8-31)46(63)53-42(27-32-9-19-37(59)20-10-32)47(64)54-43(48(65)55-49)28-33-11-21-38(60)22-12-33/h3-22,39-43,50,56-60H,2,23-28,49H2,1H3,(H,51,61)(H,52,62)(H,53,63)(H,54,64)(H,55,65)/t39-,40-,41-,42-,43-/m0/s1. The van der Waals surface area contributed by atoms with Gasteiger partial charge in [0.25, 0.3) is 5.91 Å². The summed E-state index contributed by atoms with van der Waals surface area (Å²) in [6.45, 7) is 2.42. The lowest BCUT2D eigenvalue weighted by molar-refractivity contribution is -0.134. The van der Waals surface area contributed by atoms with Crippen molar-refractivity contribution >= 4 is 29.5 Å². The smallest absolute Gasteiger partial charge is 0.256 e. The summed E-state index contributed by atoms with van der Waals surface area (Å²) in [5, 5.41) is 63.8. The number of phenolic OH excluding ortho intramolecular Hbond substituents is 5. The number of aromatic hydroxyl groups is 5. The van der Waals surface area contributed by atoms with E-state index in [0.29, 0.717) is 35.2 Å². The van der Waals surface area contributed by atoms with Crippen LogP contribution in [-0.4, -0.2) is 91.8 Å². The minimum absolute atomic E-state index is 0.00363. The van der Waals surface area contributed by atoms with Crippen LogP contribution in [0.4, 0.5) is 0 Å². The highest BCUT2D eigenvalue weighted by Crippen LogP contribution is 2.18. The molecule has 13 N–H and O–H groups in total. The molecular formula is C48H55N7O10. The second-order valence-corrected chi connectivity index (χ2v) is 15.6. The van der Waals surface area contributed by atoms with Gasteiger partial charge in [0.1, 0.15) is 52.9 Å². The number of hydrogen-bond donors (Lipinski definition) is 12. The van der Waals surface area contributed by atoms with E-state index < -0.39 is 59.7 Å². The molecule has 0 aliphatic carbocycles. The normalized spacial score (nSPS) is 13.3. The summed E-state index contributed by atoms with van der Waals surface area (Å²) in [4.78, 5) is 70.3. The summed E-state index contributed by atoms with van der Waals surface area (Å²) in [5.74, 6) is 1.86. The van der Waals surface area contributed by atoms with Crippen molar-refractivity contribution in [3.05, 3.63) is 149 Å². The molecule has 0 saturated heterocycles. The van der Waals surface area contributed by atoms with Crippen molar-refractivity contribution < 1.29 is 49.5 Å². The molecule has 0 fully saturated rings. The van der Waals surface area contributed by atoms with Crippen LogP contribution in [-0.2, 0) is 56.1 Å². The molecule has 0 radical (unpaired) electrons. The maximum atomic E-state index is 14.5. The number of phenols is 5. The number of hydrogen-bond acceptors (Lipinski definition) is 12. The van der Waals surface area contributed by atoms with Gasteiger partial charge in [0.05, 0.1) is 6.04 Å². The first-order chi connectivity index (χ1) is 31.2. The lowest BCUT2D eigenvalue weighted by Gasteiger charge is -2.27. The molecule has 17 heteroatoms. The van der Waals surface area contributed by atoms with Crippen molar-refractivity contribution in [2.24, 2.45) is 5.84 Å². The third-order valence-corrected chi connectivity index (χ3v) is 10.5.